The lowest BCUT2D eigenvalue weighted by molar-refractivity contribution is -0.130. The Morgan fingerprint density at radius 1 is 1.19 bits per heavy atom. The maximum atomic E-state index is 12.6. The fraction of sp³-hybridized carbons (Fsp3) is 0.222. The number of carbonyl (C=O) groups is 3. The zero-order valence-corrected chi connectivity index (χ0v) is 16.2. The molecule has 0 saturated carbocycles. The smallest absolute Gasteiger partial charge is 0.341 e. The predicted molar refractivity (Wildman–Crippen MR) is 102 cm³/mol. The van der Waals surface area contributed by atoms with E-state index < -0.39 is 24.0 Å². The summed E-state index contributed by atoms with van der Waals surface area (Å²) < 4.78 is 5.32. The summed E-state index contributed by atoms with van der Waals surface area (Å²) >= 11 is 7.14. The van der Waals surface area contributed by atoms with Crippen molar-refractivity contribution in [3.8, 4) is 0 Å². The van der Waals surface area contributed by atoms with Crippen molar-refractivity contribution in [2.75, 3.05) is 0 Å². The minimum Gasteiger partial charge on any atom is -0.448 e. The summed E-state index contributed by atoms with van der Waals surface area (Å²) in [4.78, 5) is 40.6. The summed E-state index contributed by atoms with van der Waals surface area (Å²) in [5, 5.41) is 2.95. The number of nitrogens with two attached hydrogens (primary N) is 1. The van der Waals surface area contributed by atoms with E-state index in [1.807, 2.05) is 5.32 Å². The lowest BCUT2D eigenvalue weighted by Gasteiger charge is -2.20. The van der Waals surface area contributed by atoms with Crippen molar-refractivity contribution in [2.45, 2.75) is 29.9 Å². The van der Waals surface area contributed by atoms with Crippen molar-refractivity contribution in [3.05, 3.63) is 53.2 Å². The van der Waals surface area contributed by atoms with Gasteiger partial charge in [0.25, 0.3) is 5.91 Å². The fourth-order valence-corrected chi connectivity index (χ4v) is 3.10. The Hall–Kier alpha value is -2.58. The van der Waals surface area contributed by atoms with Gasteiger partial charge in [0, 0.05) is 16.1 Å². The summed E-state index contributed by atoms with van der Waals surface area (Å²) in [7, 11) is 0. The number of amides is 3. The molecule has 3 amide bonds. The van der Waals surface area contributed by atoms with Crippen LogP contribution in [0.1, 0.15) is 24.2 Å². The van der Waals surface area contributed by atoms with Gasteiger partial charge in [-0.3, -0.25) is 10.1 Å². The number of rotatable bonds is 6. The van der Waals surface area contributed by atoms with Gasteiger partial charge in [-0.25, -0.2) is 14.6 Å². The van der Waals surface area contributed by atoms with Crippen LogP contribution in [0.5, 0.6) is 0 Å². The quantitative estimate of drug-likeness (QED) is 0.711. The highest BCUT2D eigenvalue weighted by Gasteiger charge is 2.29. The Kier molecular flexibility index (Phi) is 7.20. The molecule has 9 heteroatoms. The van der Waals surface area contributed by atoms with Gasteiger partial charge in [-0.15, -0.1) is 0 Å². The van der Waals surface area contributed by atoms with Crippen LogP contribution in [-0.4, -0.2) is 29.0 Å². The molecule has 142 valence electrons. The fourth-order valence-electron chi connectivity index (χ4n) is 2.11. The van der Waals surface area contributed by atoms with Gasteiger partial charge in [0.05, 0.1) is 5.56 Å². The van der Waals surface area contributed by atoms with Gasteiger partial charge >= 0.3 is 12.0 Å². The van der Waals surface area contributed by atoms with Gasteiger partial charge in [0.15, 0.2) is 6.10 Å². The number of nitrogens with zero attached hydrogens (tertiary/aromatic N) is 1. The number of carbonyl (C=O) groups excluding carboxylic acids is 3. The van der Waals surface area contributed by atoms with E-state index in [0.717, 1.165) is 4.90 Å². The van der Waals surface area contributed by atoms with Crippen molar-refractivity contribution in [2.24, 2.45) is 11.7 Å². The number of imide groups is 1. The summed E-state index contributed by atoms with van der Waals surface area (Å²) in [6.45, 7) is 3.37. The molecule has 0 aliphatic carbocycles. The molecule has 0 bridgehead atoms. The Labute approximate surface area is 165 Å². The van der Waals surface area contributed by atoms with Crippen molar-refractivity contribution in [1.29, 1.82) is 0 Å². The summed E-state index contributed by atoms with van der Waals surface area (Å²) in [6, 6.07) is 9.19. The lowest BCUT2D eigenvalue weighted by atomic mass is 10.1. The SMILES string of the molecule is CC(C)C(OC(=O)c1cccnc1Sc1ccc(Cl)cc1)C(=O)NC(N)=O. The molecule has 0 radical (unpaired) electrons. The van der Waals surface area contributed by atoms with Crippen LogP contribution in [0.15, 0.2) is 52.5 Å². The third kappa shape index (κ3) is 5.97. The number of benzene rings is 1. The van der Waals surface area contributed by atoms with Gasteiger partial charge in [0.2, 0.25) is 0 Å². The molecule has 7 nitrogen and oxygen atoms in total. The molecule has 0 fully saturated rings. The molecule has 0 aliphatic heterocycles. The first-order valence-corrected chi connectivity index (χ1v) is 9.17. The van der Waals surface area contributed by atoms with E-state index in [1.54, 1.807) is 56.4 Å². The van der Waals surface area contributed by atoms with Crippen molar-refractivity contribution in [1.82, 2.24) is 10.3 Å². The molecule has 1 aromatic carbocycles. The number of aromatic nitrogens is 1. The Morgan fingerprint density at radius 3 is 2.44 bits per heavy atom. The molecule has 1 aromatic heterocycles. The molecule has 2 rings (SSSR count). The third-order valence-electron chi connectivity index (χ3n) is 3.36. The second kappa shape index (κ2) is 9.38. The number of esters is 1. The summed E-state index contributed by atoms with van der Waals surface area (Å²) in [5.74, 6) is -1.86. The molecule has 0 aliphatic rings. The van der Waals surface area contributed by atoms with E-state index in [4.69, 9.17) is 22.1 Å². The number of pyridine rings is 1. The van der Waals surface area contributed by atoms with E-state index in [9.17, 15) is 14.4 Å². The Bertz CT molecular complexity index is 843. The van der Waals surface area contributed by atoms with Gasteiger partial charge < -0.3 is 10.5 Å². The summed E-state index contributed by atoms with van der Waals surface area (Å²) in [6.07, 6.45) is 0.382. The standard InChI is InChI=1S/C18H18ClN3O4S/c1-10(2)14(15(23)22-18(20)25)26-17(24)13-4-3-9-21-16(13)27-12-7-5-11(19)6-8-12/h3-10,14H,1-2H3,(H3,20,22,23,25). The highest BCUT2D eigenvalue weighted by atomic mass is 35.5. The maximum Gasteiger partial charge on any atom is 0.341 e. The van der Waals surface area contributed by atoms with Crippen LogP contribution in [0, 0.1) is 5.92 Å². The predicted octanol–water partition coefficient (Wildman–Crippen LogP) is 3.26. The van der Waals surface area contributed by atoms with Gasteiger partial charge in [-0.1, -0.05) is 37.2 Å². The second-order valence-electron chi connectivity index (χ2n) is 5.84. The molecule has 1 atom stereocenters. The van der Waals surface area contributed by atoms with Crippen LogP contribution in [0.3, 0.4) is 0 Å². The number of nitrogens with one attached hydrogen (secondary N) is 1. The average Bonchev–Trinajstić information content (AvgIpc) is 2.61. The number of ether oxygens (including phenoxy) is 1. The Balaban J connectivity index is 2.21. The first-order chi connectivity index (χ1) is 12.8. The molecule has 0 saturated heterocycles. The maximum absolute atomic E-state index is 12.6. The van der Waals surface area contributed by atoms with Crippen molar-refractivity contribution in [3.63, 3.8) is 0 Å². The van der Waals surface area contributed by atoms with Crippen LogP contribution in [0.25, 0.3) is 0 Å². The van der Waals surface area contributed by atoms with E-state index in [2.05, 4.69) is 4.98 Å². The van der Waals surface area contributed by atoms with Gasteiger partial charge in [-0.05, 0) is 42.3 Å². The van der Waals surface area contributed by atoms with Gasteiger partial charge in [0.1, 0.15) is 5.03 Å². The lowest BCUT2D eigenvalue weighted by Crippen LogP contribution is -2.45. The molecule has 1 unspecified atom stereocenters. The Morgan fingerprint density at radius 2 is 1.85 bits per heavy atom. The van der Waals surface area contributed by atoms with Crippen LogP contribution in [0.4, 0.5) is 4.79 Å². The van der Waals surface area contributed by atoms with Crippen molar-refractivity contribution < 1.29 is 19.1 Å². The third-order valence-corrected chi connectivity index (χ3v) is 4.64. The zero-order chi connectivity index (χ0) is 20.0. The summed E-state index contributed by atoms with van der Waals surface area (Å²) in [5.41, 5.74) is 5.16. The minimum absolute atomic E-state index is 0.204. The number of halogens is 1. The van der Waals surface area contributed by atoms with E-state index in [1.165, 1.54) is 11.8 Å². The normalized spacial score (nSPS) is 11.7. The second-order valence-corrected chi connectivity index (χ2v) is 7.33. The molecule has 1 heterocycles. The largest absolute Gasteiger partial charge is 0.448 e. The first kappa shape index (κ1) is 20.7. The molecule has 0 spiro atoms. The van der Waals surface area contributed by atoms with Crippen molar-refractivity contribution >= 4 is 41.3 Å². The number of primary amides is 1. The van der Waals surface area contributed by atoms with E-state index >= 15 is 0 Å². The average molecular weight is 408 g/mol. The first-order valence-electron chi connectivity index (χ1n) is 7.97. The molecular weight excluding hydrogens is 390 g/mol. The highest BCUT2D eigenvalue weighted by Crippen LogP contribution is 2.30. The monoisotopic (exact) mass is 407 g/mol. The number of hydrogen-bond acceptors (Lipinski definition) is 6. The molecule has 2 aromatic rings. The number of hydrogen-bond donors (Lipinski definition) is 2. The molecular formula is C18H18ClN3O4S. The molecule has 27 heavy (non-hydrogen) atoms. The van der Waals surface area contributed by atoms with Crippen LogP contribution in [-0.2, 0) is 9.53 Å². The van der Waals surface area contributed by atoms with Crippen LogP contribution < -0.4 is 11.1 Å². The van der Waals surface area contributed by atoms with E-state index in [0.29, 0.717) is 10.0 Å². The van der Waals surface area contributed by atoms with Crippen LogP contribution >= 0.6 is 23.4 Å². The molecule has 3 N–H and O–H groups in total. The van der Waals surface area contributed by atoms with Gasteiger partial charge in [-0.2, -0.15) is 0 Å². The highest BCUT2D eigenvalue weighted by molar-refractivity contribution is 7.99. The van der Waals surface area contributed by atoms with E-state index in [-0.39, 0.29) is 11.5 Å². The minimum atomic E-state index is -1.17. The zero-order valence-electron chi connectivity index (χ0n) is 14.6. The topological polar surface area (TPSA) is 111 Å². The number of urea groups is 1. The van der Waals surface area contributed by atoms with Crippen LogP contribution in [0.2, 0.25) is 5.02 Å².